The zero-order valence-corrected chi connectivity index (χ0v) is 7.44. The van der Waals surface area contributed by atoms with Gasteiger partial charge in [0.1, 0.15) is 5.69 Å². The summed E-state index contributed by atoms with van der Waals surface area (Å²) < 4.78 is 4.32. The Kier molecular flexibility index (Phi) is 3.23. The van der Waals surface area contributed by atoms with Crippen molar-refractivity contribution in [1.82, 2.24) is 4.98 Å². The molecule has 0 aliphatic rings. The number of esters is 1. The Hall–Kier alpha value is -2.33. The monoisotopic (exact) mass is 186 g/mol. The predicted molar refractivity (Wildman–Crippen MR) is 47.8 cm³/mol. The van der Waals surface area contributed by atoms with Crippen molar-refractivity contribution in [3.63, 3.8) is 0 Å². The maximum atomic E-state index is 10.7. The van der Waals surface area contributed by atoms with Crippen LogP contribution >= 0.6 is 0 Å². The fourth-order valence-corrected chi connectivity index (χ4v) is 0.735. The van der Waals surface area contributed by atoms with Crippen molar-refractivity contribution >= 4 is 5.97 Å². The molecule has 0 amide bonds. The van der Waals surface area contributed by atoms with E-state index in [4.69, 9.17) is 5.26 Å². The number of carbonyl (C=O) groups excluding carboxylic acids is 1. The van der Waals surface area contributed by atoms with Crippen molar-refractivity contribution in [2.24, 2.45) is 0 Å². The molecule has 4 nitrogen and oxygen atoms in total. The second-order valence-corrected chi connectivity index (χ2v) is 2.28. The van der Waals surface area contributed by atoms with E-state index in [0.717, 1.165) is 0 Å². The van der Waals surface area contributed by atoms with E-state index < -0.39 is 5.97 Å². The number of aromatic nitrogens is 1. The van der Waals surface area contributed by atoms with Gasteiger partial charge in [-0.05, 0) is 18.1 Å². The fraction of sp³-hybridized carbons (Fsp3) is 0.100. The molecule has 0 unspecified atom stereocenters. The number of ether oxygens (including phenoxy) is 1. The molecule has 1 aromatic heterocycles. The Labute approximate surface area is 81.1 Å². The first-order valence-electron chi connectivity index (χ1n) is 3.72. The second-order valence-electron chi connectivity index (χ2n) is 2.28. The topological polar surface area (TPSA) is 63.0 Å². The van der Waals surface area contributed by atoms with Crippen LogP contribution in [-0.4, -0.2) is 18.1 Å². The molecular weight excluding hydrogens is 180 g/mol. The van der Waals surface area contributed by atoms with Crippen LogP contribution < -0.4 is 0 Å². The van der Waals surface area contributed by atoms with Crippen molar-refractivity contribution in [2.45, 2.75) is 0 Å². The third-order valence-corrected chi connectivity index (χ3v) is 1.37. The summed E-state index contributed by atoms with van der Waals surface area (Å²) in [6.07, 6.45) is 1.46. The minimum atomic E-state index is -0.630. The number of hydrogen-bond donors (Lipinski definition) is 0. The van der Waals surface area contributed by atoms with Crippen LogP contribution in [0.15, 0.2) is 18.3 Å². The molecule has 0 aromatic carbocycles. The number of rotatable bonds is 0. The number of pyridine rings is 1. The average Bonchev–Trinajstić information content (AvgIpc) is 2.26. The van der Waals surface area contributed by atoms with E-state index in [0.29, 0.717) is 11.3 Å². The van der Waals surface area contributed by atoms with Crippen molar-refractivity contribution in [2.75, 3.05) is 7.11 Å². The van der Waals surface area contributed by atoms with Crippen LogP contribution in [0.4, 0.5) is 0 Å². The van der Waals surface area contributed by atoms with Gasteiger partial charge in [0.05, 0.1) is 18.7 Å². The molecule has 0 saturated heterocycles. The highest BCUT2D eigenvalue weighted by Gasteiger charge is 1.93. The lowest BCUT2D eigenvalue weighted by atomic mass is 10.2. The standard InChI is InChI=1S/C10H6N2O2/c1-14-10(13)3-2-9-6-8(7-11)4-5-12-9/h4-6H,1H3. The smallest absolute Gasteiger partial charge is 0.384 e. The number of methoxy groups -OCH3 is 1. The van der Waals surface area contributed by atoms with E-state index in [1.54, 1.807) is 6.07 Å². The molecule has 0 spiro atoms. The minimum Gasteiger partial charge on any atom is -0.459 e. The summed E-state index contributed by atoms with van der Waals surface area (Å²) in [4.78, 5) is 14.5. The third kappa shape index (κ3) is 2.62. The highest BCUT2D eigenvalue weighted by molar-refractivity contribution is 5.88. The lowest BCUT2D eigenvalue weighted by molar-refractivity contribution is -0.133. The van der Waals surface area contributed by atoms with Gasteiger partial charge in [-0.3, -0.25) is 0 Å². The third-order valence-electron chi connectivity index (χ3n) is 1.37. The van der Waals surface area contributed by atoms with Crippen LogP contribution in [0.25, 0.3) is 0 Å². The molecule has 4 heteroatoms. The molecule has 1 rings (SSSR count). The highest BCUT2D eigenvalue weighted by atomic mass is 16.5. The number of carbonyl (C=O) groups is 1. The quantitative estimate of drug-likeness (QED) is 0.436. The molecule has 0 fully saturated rings. The Morgan fingerprint density at radius 1 is 1.64 bits per heavy atom. The Morgan fingerprint density at radius 3 is 3.07 bits per heavy atom. The molecular formula is C10H6N2O2. The Morgan fingerprint density at radius 2 is 2.43 bits per heavy atom. The van der Waals surface area contributed by atoms with Crippen molar-refractivity contribution in [3.05, 3.63) is 29.6 Å². The lowest BCUT2D eigenvalue weighted by Crippen LogP contribution is -1.95. The van der Waals surface area contributed by atoms with Gasteiger partial charge in [-0.25, -0.2) is 9.78 Å². The number of nitrogens with zero attached hydrogens (tertiary/aromatic N) is 2. The average molecular weight is 186 g/mol. The molecule has 0 bridgehead atoms. The Balaban J connectivity index is 2.91. The summed E-state index contributed by atoms with van der Waals surface area (Å²) >= 11 is 0. The van der Waals surface area contributed by atoms with Crippen LogP contribution in [-0.2, 0) is 9.53 Å². The van der Waals surface area contributed by atoms with E-state index in [1.807, 2.05) is 6.07 Å². The van der Waals surface area contributed by atoms with Crippen molar-refractivity contribution in [3.8, 4) is 17.9 Å². The molecule has 1 heterocycles. The summed E-state index contributed by atoms with van der Waals surface area (Å²) in [5, 5.41) is 8.57. The number of hydrogen-bond acceptors (Lipinski definition) is 4. The Bertz CT molecular complexity index is 449. The highest BCUT2D eigenvalue weighted by Crippen LogP contribution is 1.97. The van der Waals surface area contributed by atoms with Gasteiger partial charge >= 0.3 is 5.97 Å². The molecule has 0 aliphatic carbocycles. The van der Waals surface area contributed by atoms with Gasteiger partial charge in [-0.1, -0.05) is 0 Å². The van der Waals surface area contributed by atoms with E-state index in [9.17, 15) is 4.79 Å². The van der Waals surface area contributed by atoms with E-state index in [1.165, 1.54) is 19.4 Å². The van der Waals surface area contributed by atoms with E-state index >= 15 is 0 Å². The maximum absolute atomic E-state index is 10.7. The fourth-order valence-electron chi connectivity index (χ4n) is 0.735. The summed E-state index contributed by atoms with van der Waals surface area (Å²) in [5.41, 5.74) is 0.823. The van der Waals surface area contributed by atoms with Gasteiger partial charge in [0.2, 0.25) is 0 Å². The predicted octanol–water partition coefficient (Wildman–Crippen LogP) is 0.478. The first kappa shape index (κ1) is 9.76. The zero-order chi connectivity index (χ0) is 10.4. The van der Waals surface area contributed by atoms with Gasteiger partial charge in [-0.15, -0.1) is 0 Å². The molecule has 0 saturated carbocycles. The van der Waals surface area contributed by atoms with Gasteiger partial charge in [0.25, 0.3) is 0 Å². The van der Waals surface area contributed by atoms with Gasteiger partial charge in [-0.2, -0.15) is 5.26 Å². The molecule has 0 N–H and O–H groups in total. The van der Waals surface area contributed by atoms with E-state index in [2.05, 4.69) is 21.6 Å². The summed E-state index contributed by atoms with van der Waals surface area (Å²) in [6, 6.07) is 5.00. The maximum Gasteiger partial charge on any atom is 0.384 e. The SMILES string of the molecule is COC(=O)C#Cc1cc(C#N)ccn1. The van der Waals surface area contributed by atoms with E-state index in [-0.39, 0.29) is 0 Å². The van der Waals surface area contributed by atoms with Gasteiger partial charge in [0.15, 0.2) is 0 Å². The summed E-state index contributed by atoms with van der Waals surface area (Å²) in [7, 11) is 1.25. The molecule has 14 heavy (non-hydrogen) atoms. The van der Waals surface area contributed by atoms with Crippen LogP contribution in [0.2, 0.25) is 0 Å². The number of nitriles is 1. The van der Waals surface area contributed by atoms with Crippen LogP contribution in [0, 0.1) is 23.2 Å². The first-order chi connectivity index (χ1) is 6.76. The lowest BCUT2D eigenvalue weighted by Gasteiger charge is -1.89. The second kappa shape index (κ2) is 4.64. The molecule has 0 aliphatic heterocycles. The largest absolute Gasteiger partial charge is 0.459 e. The molecule has 0 radical (unpaired) electrons. The van der Waals surface area contributed by atoms with Crippen molar-refractivity contribution < 1.29 is 9.53 Å². The molecule has 68 valence electrons. The van der Waals surface area contributed by atoms with Gasteiger partial charge < -0.3 is 4.74 Å². The van der Waals surface area contributed by atoms with Crippen LogP contribution in [0.1, 0.15) is 11.3 Å². The van der Waals surface area contributed by atoms with Gasteiger partial charge in [0, 0.05) is 12.1 Å². The van der Waals surface area contributed by atoms with Crippen molar-refractivity contribution in [1.29, 1.82) is 5.26 Å². The van der Waals surface area contributed by atoms with Crippen LogP contribution in [0.5, 0.6) is 0 Å². The summed E-state index contributed by atoms with van der Waals surface area (Å²) in [6.45, 7) is 0. The summed E-state index contributed by atoms with van der Waals surface area (Å²) in [5.74, 6) is 4.07. The normalized spacial score (nSPS) is 8.00. The first-order valence-corrected chi connectivity index (χ1v) is 3.72. The molecule has 1 aromatic rings. The minimum absolute atomic E-state index is 0.370. The van der Waals surface area contributed by atoms with Crippen LogP contribution in [0.3, 0.4) is 0 Å². The molecule has 0 atom stereocenters. The zero-order valence-electron chi connectivity index (χ0n) is 7.44.